The third-order valence-corrected chi connectivity index (χ3v) is 5.52. The van der Waals surface area contributed by atoms with Crippen LogP contribution in [0.2, 0.25) is 0 Å². The third kappa shape index (κ3) is 5.43. The molecule has 2 aromatic rings. The predicted octanol–water partition coefficient (Wildman–Crippen LogP) is 5.24. The Hall–Kier alpha value is -1.74. The lowest BCUT2D eigenvalue weighted by Gasteiger charge is -2.20. The van der Waals surface area contributed by atoms with Crippen molar-refractivity contribution < 1.29 is 0 Å². The first kappa shape index (κ1) is 16.1. The Morgan fingerprint density at radius 1 is 0.957 bits per heavy atom. The summed E-state index contributed by atoms with van der Waals surface area (Å²) in [5.41, 5.74) is 5.47. The van der Waals surface area contributed by atoms with Gasteiger partial charge < -0.3 is 5.43 Å². The average molecular weight is 324 g/mol. The van der Waals surface area contributed by atoms with Gasteiger partial charge in [0.05, 0.1) is 12.8 Å². The smallest absolute Gasteiger partial charge is 0.0580 e. The van der Waals surface area contributed by atoms with Crippen molar-refractivity contribution in [1.82, 2.24) is 5.43 Å². The summed E-state index contributed by atoms with van der Waals surface area (Å²) in [6.07, 6.45) is 8.85. The predicted molar refractivity (Wildman–Crippen MR) is 100 cm³/mol. The van der Waals surface area contributed by atoms with Gasteiger partial charge in [-0.15, -0.1) is 11.8 Å². The third-order valence-electron chi connectivity index (χ3n) is 4.17. The van der Waals surface area contributed by atoms with Crippen LogP contribution < -0.4 is 5.43 Å². The van der Waals surface area contributed by atoms with Gasteiger partial charge in [-0.3, -0.25) is 0 Å². The zero-order chi connectivity index (χ0) is 15.7. The highest BCUT2D eigenvalue weighted by Crippen LogP contribution is 2.33. The van der Waals surface area contributed by atoms with Crippen molar-refractivity contribution >= 4 is 18.0 Å². The maximum Gasteiger partial charge on any atom is 0.0580 e. The van der Waals surface area contributed by atoms with Gasteiger partial charge in [0.1, 0.15) is 0 Å². The summed E-state index contributed by atoms with van der Waals surface area (Å²) in [7, 11) is 0. The highest BCUT2D eigenvalue weighted by Gasteiger charge is 2.14. The van der Waals surface area contributed by atoms with Crippen LogP contribution in [0, 0.1) is 0 Å². The van der Waals surface area contributed by atoms with Crippen molar-refractivity contribution in [3.05, 3.63) is 65.7 Å². The second-order valence-corrected chi connectivity index (χ2v) is 7.40. The van der Waals surface area contributed by atoms with E-state index in [1.54, 1.807) is 0 Å². The van der Waals surface area contributed by atoms with Crippen LogP contribution in [-0.2, 0) is 6.54 Å². The molecule has 0 spiro atoms. The zero-order valence-electron chi connectivity index (χ0n) is 13.4. The average Bonchev–Trinajstić information content (AvgIpc) is 2.62. The quantitative estimate of drug-likeness (QED) is 0.581. The standard InChI is InChI=1S/C20H24N2S/c1-3-7-17(8-4-1)15-21-22-16-18-11-13-20(14-12-18)23-19-9-5-2-6-10-19/h1,3-4,7-8,11-14,16,19,21H,2,5-6,9-10,15H2. The Bertz CT molecular complexity index is 601. The molecule has 23 heavy (non-hydrogen) atoms. The van der Waals surface area contributed by atoms with E-state index in [4.69, 9.17) is 0 Å². The topological polar surface area (TPSA) is 24.4 Å². The molecule has 0 aromatic heterocycles. The first-order valence-electron chi connectivity index (χ1n) is 8.47. The summed E-state index contributed by atoms with van der Waals surface area (Å²) in [6.45, 7) is 0.757. The molecular weight excluding hydrogens is 300 g/mol. The van der Waals surface area contributed by atoms with E-state index < -0.39 is 0 Å². The van der Waals surface area contributed by atoms with Gasteiger partial charge in [-0.05, 0) is 36.1 Å². The molecule has 0 saturated heterocycles. The van der Waals surface area contributed by atoms with Crippen molar-refractivity contribution in [2.75, 3.05) is 0 Å². The second kappa shape index (κ2) is 8.78. The fraction of sp³-hybridized carbons (Fsp3) is 0.350. The lowest BCUT2D eigenvalue weighted by Crippen LogP contribution is -2.07. The maximum absolute atomic E-state index is 4.30. The minimum Gasteiger partial charge on any atom is -0.306 e. The van der Waals surface area contributed by atoms with Gasteiger partial charge in [-0.25, -0.2) is 0 Å². The summed E-state index contributed by atoms with van der Waals surface area (Å²) in [5, 5.41) is 5.12. The Balaban J connectivity index is 1.46. The molecule has 0 atom stereocenters. The number of nitrogens with zero attached hydrogens (tertiary/aromatic N) is 1. The molecule has 0 radical (unpaired) electrons. The summed E-state index contributed by atoms with van der Waals surface area (Å²) in [4.78, 5) is 1.38. The molecule has 3 heteroatoms. The van der Waals surface area contributed by atoms with Crippen LogP contribution in [0.25, 0.3) is 0 Å². The molecule has 1 fully saturated rings. The van der Waals surface area contributed by atoms with Crippen LogP contribution in [0.4, 0.5) is 0 Å². The zero-order valence-corrected chi connectivity index (χ0v) is 14.3. The number of nitrogens with one attached hydrogen (secondary N) is 1. The molecule has 0 bridgehead atoms. The molecule has 120 valence electrons. The van der Waals surface area contributed by atoms with Crippen LogP contribution in [0.1, 0.15) is 43.2 Å². The maximum atomic E-state index is 4.30. The van der Waals surface area contributed by atoms with Gasteiger partial charge in [-0.1, -0.05) is 61.7 Å². The Morgan fingerprint density at radius 3 is 2.43 bits per heavy atom. The Morgan fingerprint density at radius 2 is 1.70 bits per heavy atom. The number of hydrazone groups is 1. The summed E-state index contributed by atoms with van der Waals surface area (Å²) >= 11 is 2.04. The van der Waals surface area contributed by atoms with E-state index in [0.717, 1.165) is 17.4 Å². The summed E-state index contributed by atoms with van der Waals surface area (Å²) < 4.78 is 0. The Labute approximate surface area is 143 Å². The van der Waals surface area contributed by atoms with E-state index >= 15 is 0 Å². The van der Waals surface area contributed by atoms with Crippen molar-refractivity contribution in [1.29, 1.82) is 0 Å². The molecule has 0 unspecified atom stereocenters. The van der Waals surface area contributed by atoms with Crippen molar-refractivity contribution in [3.63, 3.8) is 0 Å². The van der Waals surface area contributed by atoms with Gasteiger partial charge in [0.25, 0.3) is 0 Å². The molecule has 2 aromatic carbocycles. The molecule has 0 aliphatic heterocycles. The minimum atomic E-state index is 0.757. The largest absolute Gasteiger partial charge is 0.306 e. The molecule has 1 aliphatic carbocycles. The van der Waals surface area contributed by atoms with E-state index in [0.29, 0.717) is 0 Å². The van der Waals surface area contributed by atoms with Gasteiger partial charge >= 0.3 is 0 Å². The lowest BCUT2D eigenvalue weighted by atomic mass is 10.0. The summed E-state index contributed by atoms with van der Waals surface area (Å²) in [5.74, 6) is 0. The van der Waals surface area contributed by atoms with Gasteiger partial charge in [0, 0.05) is 10.1 Å². The lowest BCUT2D eigenvalue weighted by molar-refractivity contribution is 0.516. The fourth-order valence-electron chi connectivity index (χ4n) is 2.86. The number of hydrogen-bond donors (Lipinski definition) is 1. The van der Waals surface area contributed by atoms with E-state index in [9.17, 15) is 0 Å². The molecule has 2 nitrogen and oxygen atoms in total. The van der Waals surface area contributed by atoms with Gasteiger partial charge in [0.15, 0.2) is 0 Å². The molecule has 3 rings (SSSR count). The first-order chi connectivity index (χ1) is 11.4. The second-order valence-electron chi connectivity index (χ2n) is 6.03. The molecule has 0 heterocycles. The Kier molecular flexibility index (Phi) is 6.16. The molecule has 1 saturated carbocycles. The molecule has 1 N–H and O–H groups in total. The van der Waals surface area contributed by atoms with Crippen LogP contribution in [-0.4, -0.2) is 11.5 Å². The SMILES string of the molecule is C(=NNCc1ccccc1)c1ccc(SC2CCCCC2)cc1. The highest BCUT2D eigenvalue weighted by atomic mass is 32.2. The normalized spacial score (nSPS) is 15.8. The summed E-state index contributed by atoms with van der Waals surface area (Å²) in [6, 6.07) is 19.1. The van der Waals surface area contributed by atoms with Crippen molar-refractivity contribution in [2.24, 2.45) is 5.10 Å². The number of benzene rings is 2. The molecule has 0 amide bonds. The van der Waals surface area contributed by atoms with Crippen LogP contribution >= 0.6 is 11.8 Å². The monoisotopic (exact) mass is 324 g/mol. The van der Waals surface area contributed by atoms with Gasteiger partial charge in [-0.2, -0.15) is 5.10 Å². The number of rotatable bonds is 6. The first-order valence-corrected chi connectivity index (χ1v) is 9.35. The van der Waals surface area contributed by atoms with E-state index in [2.05, 4.69) is 46.9 Å². The molecule has 1 aliphatic rings. The molecular formula is C20H24N2S. The van der Waals surface area contributed by atoms with Crippen LogP contribution in [0.3, 0.4) is 0 Å². The highest BCUT2D eigenvalue weighted by molar-refractivity contribution is 8.00. The van der Waals surface area contributed by atoms with Crippen LogP contribution in [0.15, 0.2) is 64.6 Å². The van der Waals surface area contributed by atoms with E-state index in [1.807, 2.05) is 36.2 Å². The number of hydrogen-bond acceptors (Lipinski definition) is 3. The van der Waals surface area contributed by atoms with Crippen LogP contribution in [0.5, 0.6) is 0 Å². The minimum absolute atomic E-state index is 0.757. The van der Waals surface area contributed by atoms with E-state index in [1.165, 1.54) is 42.6 Å². The van der Waals surface area contributed by atoms with E-state index in [-0.39, 0.29) is 0 Å². The van der Waals surface area contributed by atoms with Gasteiger partial charge in [0.2, 0.25) is 0 Å². The van der Waals surface area contributed by atoms with Crippen molar-refractivity contribution in [3.8, 4) is 0 Å². The number of thioether (sulfide) groups is 1. The fourth-order valence-corrected chi connectivity index (χ4v) is 4.11. The van der Waals surface area contributed by atoms with Crippen molar-refractivity contribution in [2.45, 2.75) is 48.8 Å².